The average molecular weight is 459 g/mol. The van der Waals surface area contributed by atoms with Crippen molar-refractivity contribution >= 4 is 40.9 Å². The molecule has 0 aliphatic carbocycles. The molecule has 0 bridgehead atoms. The van der Waals surface area contributed by atoms with Gasteiger partial charge in [-0.05, 0) is 54.6 Å². The van der Waals surface area contributed by atoms with Crippen molar-refractivity contribution in [3.8, 4) is 23.0 Å². The van der Waals surface area contributed by atoms with Gasteiger partial charge in [-0.2, -0.15) is 10.4 Å². The second kappa shape index (κ2) is 9.52. The Bertz CT molecular complexity index is 1320. The minimum absolute atomic E-state index is 0.0530. The summed E-state index contributed by atoms with van der Waals surface area (Å²) < 4.78 is 1.71. The van der Waals surface area contributed by atoms with Crippen LogP contribution in [0.5, 0.6) is 0 Å². The number of rotatable bonds is 5. The maximum absolute atomic E-state index is 12.7. The molecule has 4 aromatic rings. The Hall–Kier alpha value is -3.85. The van der Waals surface area contributed by atoms with E-state index in [-0.39, 0.29) is 5.57 Å². The molecular formula is C25H16Cl2N4O. The molecule has 0 saturated heterocycles. The average Bonchev–Trinajstić information content (AvgIpc) is 3.24. The number of benzene rings is 3. The van der Waals surface area contributed by atoms with Crippen molar-refractivity contribution in [3.63, 3.8) is 0 Å². The molecule has 1 heterocycles. The number of para-hydroxylation sites is 1. The molecule has 3 aromatic carbocycles. The lowest BCUT2D eigenvalue weighted by Gasteiger charge is -2.04. The van der Waals surface area contributed by atoms with Gasteiger partial charge in [0.25, 0.3) is 5.91 Å². The van der Waals surface area contributed by atoms with Crippen LogP contribution in [-0.2, 0) is 4.79 Å². The van der Waals surface area contributed by atoms with Crippen LogP contribution >= 0.6 is 23.2 Å². The van der Waals surface area contributed by atoms with Crippen LogP contribution in [0.4, 0.5) is 5.69 Å². The maximum Gasteiger partial charge on any atom is 0.266 e. The number of aromatic nitrogens is 2. The van der Waals surface area contributed by atoms with Crippen molar-refractivity contribution in [2.45, 2.75) is 0 Å². The summed E-state index contributed by atoms with van der Waals surface area (Å²) in [6.07, 6.45) is 3.31. The van der Waals surface area contributed by atoms with Gasteiger partial charge >= 0.3 is 0 Å². The smallest absolute Gasteiger partial charge is 0.266 e. The minimum Gasteiger partial charge on any atom is -0.321 e. The van der Waals surface area contributed by atoms with Crippen LogP contribution in [-0.4, -0.2) is 15.7 Å². The molecule has 7 heteroatoms. The van der Waals surface area contributed by atoms with Gasteiger partial charge in [-0.3, -0.25) is 4.79 Å². The van der Waals surface area contributed by atoms with E-state index < -0.39 is 5.91 Å². The number of carbonyl (C=O) groups excluding carboxylic acids is 1. The summed E-state index contributed by atoms with van der Waals surface area (Å²) in [5.74, 6) is -0.524. The van der Waals surface area contributed by atoms with E-state index in [0.29, 0.717) is 27.0 Å². The first-order valence-electron chi connectivity index (χ1n) is 9.63. The summed E-state index contributed by atoms with van der Waals surface area (Å²) in [6.45, 7) is 0. The van der Waals surface area contributed by atoms with Crippen LogP contribution in [0.3, 0.4) is 0 Å². The zero-order chi connectivity index (χ0) is 22.5. The fourth-order valence-corrected chi connectivity index (χ4v) is 3.33. The highest BCUT2D eigenvalue weighted by atomic mass is 35.5. The van der Waals surface area contributed by atoms with Gasteiger partial charge in [0.05, 0.1) is 11.4 Å². The van der Waals surface area contributed by atoms with Gasteiger partial charge in [0.1, 0.15) is 11.6 Å². The van der Waals surface area contributed by atoms with Crippen molar-refractivity contribution in [2.75, 3.05) is 5.32 Å². The van der Waals surface area contributed by atoms with E-state index in [1.54, 1.807) is 47.3 Å². The largest absolute Gasteiger partial charge is 0.321 e. The van der Waals surface area contributed by atoms with Crippen molar-refractivity contribution < 1.29 is 4.79 Å². The molecule has 0 radical (unpaired) electrons. The summed E-state index contributed by atoms with van der Waals surface area (Å²) in [5, 5.41) is 18.2. The molecule has 1 amide bonds. The molecule has 5 nitrogen and oxygen atoms in total. The van der Waals surface area contributed by atoms with Gasteiger partial charge in [-0.15, -0.1) is 0 Å². The van der Waals surface area contributed by atoms with Crippen LogP contribution in [0, 0.1) is 11.3 Å². The molecule has 0 unspecified atom stereocenters. The van der Waals surface area contributed by atoms with Crippen molar-refractivity contribution in [2.24, 2.45) is 0 Å². The zero-order valence-corrected chi connectivity index (χ0v) is 18.2. The predicted octanol–water partition coefficient (Wildman–Crippen LogP) is 6.39. The van der Waals surface area contributed by atoms with Crippen molar-refractivity contribution in [1.29, 1.82) is 5.26 Å². The van der Waals surface area contributed by atoms with Crippen LogP contribution in [0.2, 0.25) is 10.0 Å². The number of hydrogen-bond acceptors (Lipinski definition) is 3. The molecule has 4 rings (SSSR count). The lowest BCUT2D eigenvalue weighted by molar-refractivity contribution is -0.112. The topological polar surface area (TPSA) is 70.7 Å². The summed E-state index contributed by atoms with van der Waals surface area (Å²) in [4.78, 5) is 12.7. The van der Waals surface area contributed by atoms with E-state index in [0.717, 1.165) is 11.3 Å². The molecule has 0 aliphatic heterocycles. The Morgan fingerprint density at radius 3 is 2.19 bits per heavy atom. The van der Waals surface area contributed by atoms with Crippen LogP contribution < -0.4 is 5.32 Å². The molecular weight excluding hydrogens is 443 g/mol. The first kappa shape index (κ1) is 21.4. The highest BCUT2D eigenvalue weighted by molar-refractivity contribution is 6.31. The quantitative estimate of drug-likeness (QED) is 0.278. The molecule has 1 aromatic heterocycles. The molecule has 0 spiro atoms. The molecule has 0 atom stereocenters. The summed E-state index contributed by atoms with van der Waals surface area (Å²) in [7, 11) is 0. The van der Waals surface area contributed by atoms with E-state index >= 15 is 0 Å². The standard InChI is InChI=1S/C25H16Cl2N4O/c26-20-8-6-17(7-9-20)24-19(16-31(30-24)23-4-2-1-3-5-23)14-18(15-28)25(32)29-22-12-10-21(27)11-13-22/h1-14,16H,(H,29,32)/b18-14-. The first-order valence-corrected chi connectivity index (χ1v) is 10.4. The Morgan fingerprint density at radius 1 is 0.938 bits per heavy atom. The molecule has 0 saturated carbocycles. The normalized spacial score (nSPS) is 11.1. The van der Waals surface area contributed by atoms with Gasteiger partial charge in [-0.1, -0.05) is 53.5 Å². The lowest BCUT2D eigenvalue weighted by Crippen LogP contribution is -2.13. The fourth-order valence-electron chi connectivity index (χ4n) is 3.07. The predicted molar refractivity (Wildman–Crippen MR) is 128 cm³/mol. The molecule has 1 N–H and O–H groups in total. The van der Waals surface area contributed by atoms with Gasteiger partial charge in [0, 0.05) is 33.1 Å². The lowest BCUT2D eigenvalue weighted by atomic mass is 10.1. The number of hydrogen-bond donors (Lipinski definition) is 1. The van der Waals surface area contributed by atoms with Crippen LogP contribution in [0.25, 0.3) is 23.0 Å². The number of carbonyl (C=O) groups is 1. The summed E-state index contributed by atoms with van der Waals surface area (Å²) in [6, 6.07) is 25.5. The van der Waals surface area contributed by atoms with Crippen molar-refractivity contribution in [3.05, 3.63) is 106 Å². The third kappa shape index (κ3) is 4.89. The first-order chi connectivity index (χ1) is 15.5. The van der Waals surface area contributed by atoms with Gasteiger partial charge in [0.2, 0.25) is 0 Å². The van der Waals surface area contributed by atoms with Gasteiger partial charge in [-0.25, -0.2) is 4.68 Å². The number of amides is 1. The maximum atomic E-state index is 12.7. The number of anilines is 1. The summed E-state index contributed by atoms with van der Waals surface area (Å²) >= 11 is 11.9. The number of nitrogens with zero attached hydrogens (tertiary/aromatic N) is 3. The Balaban J connectivity index is 1.74. The Morgan fingerprint density at radius 2 is 1.56 bits per heavy atom. The third-order valence-electron chi connectivity index (χ3n) is 4.65. The van der Waals surface area contributed by atoms with Crippen molar-refractivity contribution in [1.82, 2.24) is 9.78 Å². The van der Waals surface area contributed by atoms with Crippen LogP contribution in [0.1, 0.15) is 5.56 Å². The van der Waals surface area contributed by atoms with Gasteiger partial charge < -0.3 is 5.32 Å². The van der Waals surface area contributed by atoms with E-state index in [1.807, 2.05) is 48.5 Å². The number of halogens is 2. The zero-order valence-electron chi connectivity index (χ0n) is 16.7. The monoisotopic (exact) mass is 458 g/mol. The van der Waals surface area contributed by atoms with E-state index in [9.17, 15) is 10.1 Å². The fraction of sp³-hybridized carbons (Fsp3) is 0. The number of nitrogens with one attached hydrogen (secondary N) is 1. The minimum atomic E-state index is -0.524. The highest BCUT2D eigenvalue weighted by Crippen LogP contribution is 2.27. The Kier molecular flexibility index (Phi) is 6.37. The second-order valence-electron chi connectivity index (χ2n) is 6.85. The van der Waals surface area contributed by atoms with Crippen LogP contribution in [0.15, 0.2) is 90.6 Å². The molecule has 0 fully saturated rings. The third-order valence-corrected chi connectivity index (χ3v) is 5.15. The Labute approximate surface area is 195 Å². The van der Waals surface area contributed by atoms with Gasteiger partial charge in [0.15, 0.2) is 0 Å². The molecule has 156 valence electrons. The molecule has 32 heavy (non-hydrogen) atoms. The SMILES string of the molecule is N#C/C(=C/c1cn(-c2ccccc2)nc1-c1ccc(Cl)cc1)C(=O)Nc1ccc(Cl)cc1. The molecule has 0 aliphatic rings. The summed E-state index contributed by atoms with van der Waals surface area (Å²) in [5.41, 5.74) is 3.40. The van der Waals surface area contributed by atoms with E-state index in [2.05, 4.69) is 5.32 Å². The second-order valence-corrected chi connectivity index (χ2v) is 7.72. The van der Waals surface area contributed by atoms with E-state index in [1.165, 1.54) is 6.08 Å². The van der Waals surface area contributed by atoms with E-state index in [4.69, 9.17) is 28.3 Å². The number of nitriles is 1. The highest BCUT2D eigenvalue weighted by Gasteiger charge is 2.15.